The number of carbonyl (C=O) groups excluding carboxylic acids is 3. The summed E-state index contributed by atoms with van der Waals surface area (Å²) in [7, 11) is -0.000290. The second-order valence-electron chi connectivity index (χ2n) is 8.60. The second kappa shape index (κ2) is 8.97. The maximum Gasteiger partial charge on any atom is 0.330 e. The number of carbonyl (C=O) groups is 3. The van der Waals surface area contributed by atoms with Gasteiger partial charge in [-0.2, -0.15) is 0 Å². The van der Waals surface area contributed by atoms with Crippen LogP contribution in [-0.2, 0) is 42.9 Å². The second-order valence-corrected chi connectivity index (χ2v) is 10.7. The van der Waals surface area contributed by atoms with E-state index < -0.39 is 44.9 Å². The highest BCUT2D eigenvalue weighted by Gasteiger charge is 2.68. The Hall–Kier alpha value is -3.20. The van der Waals surface area contributed by atoms with Gasteiger partial charge in [0.25, 0.3) is 0 Å². The van der Waals surface area contributed by atoms with Gasteiger partial charge in [0.1, 0.15) is 29.8 Å². The summed E-state index contributed by atoms with van der Waals surface area (Å²) in [6.45, 7) is 3.37. The highest BCUT2D eigenvalue weighted by atomic mass is 32.2. The Morgan fingerprint density at radius 3 is 2.36 bits per heavy atom. The molecule has 1 N–H and O–H groups in total. The van der Waals surface area contributed by atoms with Crippen LogP contribution in [0.1, 0.15) is 25.0 Å². The molecule has 2 aliphatic heterocycles. The molecule has 2 aliphatic rings. The number of benzene rings is 2. The Bertz CT molecular complexity index is 1090. The Morgan fingerprint density at radius 2 is 1.73 bits per heavy atom. The van der Waals surface area contributed by atoms with E-state index in [4.69, 9.17) is 9.47 Å². The number of methoxy groups -OCH3 is 1. The van der Waals surface area contributed by atoms with Crippen molar-refractivity contribution >= 4 is 28.6 Å². The third-order valence-electron chi connectivity index (χ3n) is 6.04. The largest absolute Gasteiger partial charge is 0.497 e. The zero-order valence-electron chi connectivity index (χ0n) is 18.6. The summed E-state index contributed by atoms with van der Waals surface area (Å²) < 4.78 is 22.8. The molecule has 0 unspecified atom stereocenters. The number of nitrogens with one attached hydrogen (secondary N) is 1. The zero-order valence-corrected chi connectivity index (χ0v) is 19.5. The van der Waals surface area contributed by atoms with Crippen LogP contribution >= 0.6 is 0 Å². The van der Waals surface area contributed by atoms with Crippen molar-refractivity contribution < 1.29 is 28.1 Å². The summed E-state index contributed by atoms with van der Waals surface area (Å²) >= 11 is 0. The maximum atomic E-state index is 13.2. The first kappa shape index (κ1) is 23.0. The first-order valence-electron chi connectivity index (χ1n) is 10.6. The van der Waals surface area contributed by atoms with Crippen LogP contribution < -0.4 is 10.1 Å². The van der Waals surface area contributed by atoms with Crippen LogP contribution in [0.4, 0.5) is 0 Å². The number of fused-ring (bicyclic) bond motifs is 1. The van der Waals surface area contributed by atoms with E-state index in [1.807, 2.05) is 30.3 Å². The number of β-lactam (4-membered cyclic amide) rings is 1. The summed E-state index contributed by atoms with van der Waals surface area (Å²) in [5, 5.41) is 1.94. The van der Waals surface area contributed by atoms with Gasteiger partial charge < -0.3 is 19.7 Å². The number of hydrogen-bond donors (Lipinski definition) is 1. The lowest BCUT2D eigenvalue weighted by Crippen LogP contribution is -2.71. The molecule has 0 aromatic heterocycles. The molecule has 0 bridgehead atoms. The van der Waals surface area contributed by atoms with Gasteiger partial charge in [-0.25, -0.2) is 4.79 Å². The molecule has 2 fully saturated rings. The zero-order chi connectivity index (χ0) is 23.8. The fourth-order valence-electron chi connectivity index (χ4n) is 4.23. The van der Waals surface area contributed by atoms with E-state index in [-0.39, 0.29) is 18.9 Å². The molecule has 0 radical (unpaired) electrons. The van der Waals surface area contributed by atoms with Gasteiger partial charge in [0.15, 0.2) is 0 Å². The molecule has 174 valence electrons. The van der Waals surface area contributed by atoms with Crippen molar-refractivity contribution in [1.82, 2.24) is 10.2 Å². The van der Waals surface area contributed by atoms with E-state index in [9.17, 15) is 18.6 Å². The SMILES string of the molecule is COc1ccc(COC(=O)[C@H]2N3C(=O)[C@@H](NC(=O)Cc4ccccc4)[C@@H]3[S@](=O)C2(C)C)cc1. The van der Waals surface area contributed by atoms with E-state index in [0.29, 0.717) is 5.75 Å². The molecule has 2 saturated heterocycles. The van der Waals surface area contributed by atoms with Crippen molar-refractivity contribution in [1.29, 1.82) is 0 Å². The van der Waals surface area contributed by atoms with Crippen molar-refractivity contribution in [3.05, 3.63) is 65.7 Å². The van der Waals surface area contributed by atoms with E-state index in [2.05, 4.69) is 5.32 Å². The minimum atomic E-state index is -1.56. The van der Waals surface area contributed by atoms with Crippen LogP contribution in [0.25, 0.3) is 0 Å². The summed E-state index contributed by atoms with van der Waals surface area (Å²) in [5.41, 5.74) is 1.57. The van der Waals surface area contributed by atoms with Crippen molar-refractivity contribution in [2.75, 3.05) is 7.11 Å². The molecule has 0 spiro atoms. The minimum Gasteiger partial charge on any atom is -0.497 e. The fraction of sp³-hybridized carbons (Fsp3) is 0.375. The van der Waals surface area contributed by atoms with Crippen molar-refractivity contribution in [2.24, 2.45) is 0 Å². The number of amides is 2. The third kappa shape index (κ3) is 4.25. The fourth-order valence-corrected chi connectivity index (χ4v) is 6.15. The molecule has 2 aromatic rings. The van der Waals surface area contributed by atoms with Gasteiger partial charge in [0, 0.05) is 0 Å². The van der Waals surface area contributed by atoms with Gasteiger partial charge in [0.2, 0.25) is 11.8 Å². The van der Waals surface area contributed by atoms with Crippen molar-refractivity contribution in [3.63, 3.8) is 0 Å². The lowest BCUT2D eigenvalue weighted by Gasteiger charge is -2.43. The summed E-state index contributed by atoms with van der Waals surface area (Å²) in [5.74, 6) is -0.688. The Morgan fingerprint density at radius 1 is 1.06 bits per heavy atom. The van der Waals surface area contributed by atoms with Gasteiger partial charge >= 0.3 is 5.97 Å². The summed E-state index contributed by atoms with van der Waals surface area (Å²) in [6.07, 6.45) is 0.112. The number of nitrogens with zero attached hydrogens (tertiary/aromatic N) is 1. The van der Waals surface area contributed by atoms with E-state index >= 15 is 0 Å². The number of rotatable bonds is 7. The quantitative estimate of drug-likeness (QED) is 0.487. The van der Waals surface area contributed by atoms with Gasteiger partial charge in [-0.15, -0.1) is 0 Å². The lowest BCUT2D eigenvalue weighted by molar-refractivity contribution is -0.165. The van der Waals surface area contributed by atoms with E-state index in [1.54, 1.807) is 45.2 Å². The molecule has 9 heteroatoms. The summed E-state index contributed by atoms with van der Waals surface area (Å²) in [6, 6.07) is 14.3. The Kier molecular flexibility index (Phi) is 6.25. The molecule has 4 atom stereocenters. The predicted molar refractivity (Wildman–Crippen MR) is 122 cm³/mol. The van der Waals surface area contributed by atoms with Crippen molar-refractivity contribution in [2.45, 2.75) is 49.1 Å². The number of ether oxygens (including phenoxy) is 2. The van der Waals surface area contributed by atoms with Crippen LogP contribution in [-0.4, -0.2) is 56.2 Å². The minimum absolute atomic E-state index is 0.0198. The van der Waals surface area contributed by atoms with Crippen LogP contribution in [0.5, 0.6) is 5.75 Å². The van der Waals surface area contributed by atoms with Crippen LogP contribution in [0.2, 0.25) is 0 Å². The molecule has 0 saturated carbocycles. The maximum absolute atomic E-state index is 13.2. The third-order valence-corrected chi connectivity index (χ3v) is 8.24. The normalized spacial score (nSPS) is 25.1. The van der Waals surface area contributed by atoms with Gasteiger partial charge in [-0.05, 0) is 37.1 Å². The van der Waals surface area contributed by atoms with Crippen LogP contribution in [0, 0.1) is 0 Å². The smallest absolute Gasteiger partial charge is 0.330 e. The topological polar surface area (TPSA) is 102 Å². The molecule has 0 aliphatic carbocycles. The van der Waals surface area contributed by atoms with Crippen molar-refractivity contribution in [3.8, 4) is 5.75 Å². The molecular weight excluding hydrogens is 444 g/mol. The van der Waals surface area contributed by atoms with Crippen LogP contribution in [0.15, 0.2) is 54.6 Å². The highest BCUT2D eigenvalue weighted by Crippen LogP contribution is 2.44. The monoisotopic (exact) mass is 470 g/mol. The van der Waals surface area contributed by atoms with Crippen LogP contribution in [0.3, 0.4) is 0 Å². The number of hydrogen-bond acceptors (Lipinski definition) is 6. The van der Waals surface area contributed by atoms with E-state index in [1.165, 1.54) is 4.90 Å². The molecule has 4 rings (SSSR count). The first-order chi connectivity index (χ1) is 15.7. The summed E-state index contributed by atoms with van der Waals surface area (Å²) in [4.78, 5) is 39.6. The average molecular weight is 471 g/mol. The molecular formula is C24H26N2O6S. The standard InChI is InChI=1S/C24H26N2O6S/c1-24(2)20(23(29)32-14-16-9-11-17(31-3)12-10-16)26-21(28)19(22(26)33(24)30)25-18(27)13-15-7-5-4-6-8-15/h4-12,19-20,22H,13-14H2,1-3H3,(H,25,27)/t19-,20-,22+,33+/m1/s1. The molecule has 2 heterocycles. The Balaban J connectivity index is 1.42. The van der Waals surface area contributed by atoms with Gasteiger partial charge in [0.05, 0.1) is 29.1 Å². The predicted octanol–water partition coefficient (Wildman–Crippen LogP) is 1.54. The Labute approximate surface area is 194 Å². The number of esters is 1. The lowest BCUT2D eigenvalue weighted by atomic mass is 9.96. The molecule has 8 nitrogen and oxygen atoms in total. The molecule has 2 amide bonds. The van der Waals surface area contributed by atoms with Gasteiger partial charge in [-0.1, -0.05) is 42.5 Å². The van der Waals surface area contributed by atoms with Gasteiger partial charge in [-0.3, -0.25) is 13.8 Å². The first-order valence-corrected chi connectivity index (χ1v) is 11.8. The average Bonchev–Trinajstić information content (AvgIpc) is 3.00. The molecule has 2 aromatic carbocycles. The molecule has 33 heavy (non-hydrogen) atoms. The highest BCUT2D eigenvalue weighted by molar-refractivity contribution is 7.87. The van der Waals surface area contributed by atoms with E-state index in [0.717, 1.165) is 11.1 Å².